The zero-order valence-corrected chi connectivity index (χ0v) is 8.93. The Bertz CT molecular complexity index is 443. The number of amides is 2. The zero-order valence-electron chi connectivity index (χ0n) is 8.93. The molecule has 16 heavy (non-hydrogen) atoms. The Hall–Kier alpha value is -1.88. The second kappa shape index (κ2) is 3.94. The monoisotopic (exact) mass is 219 g/mol. The molecule has 0 saturated carbocycles. The Labute approximate surface area is 93.2 Å². The number of nitrogens with zero attached hydrogens (tertiary/aromatic N) is 1. The van der Waals surface area contributed by atoms with Crippen molar-refractivity contribution in [2.45, 2.75) is 13.0 Å². The summed E-state index contributed by atoms with van der Waals surface area (Å²) < 4.78 is 0. The van der Waals surface area contributed by atoms with Crippen LogP contribution in [0.2, 0.25) is 0 Å². The van der Waals surface area contributed by atoms with E-state index in [1.54, 1.807) is 25.1 Å². The van der Waals surface area contributed by atoms with Crippen molar-refractivity contribution < 1.29 is 9.59 Å². The fraction of sp³-hybridized carbons (Fsp3) is 0.273. The van der Waals surface area contributed by atoms with E-state index in [0.29, 0.717) is 11.4 Å². The third kappa shape index (κ3) is 1.77. The van der Waals surface area contributed by atoms with Crippen LogP contribution >= 0.6 is 0 Å². The molecular weight excluding hydrogens is 206 g/mol. The second-order valence-electron chi connectivity index (χ2n) is 3.78. The van der Waals surface area contributed by atoms with E-state index in [-0.39, 0.29) is 18.4 Å². The number of carbonyl (C=O) groups excluding carboxylic acids is 2. The summed E-state index contributed by atoms with van der Waals surface area (Å²) in [4.78, 5) is 24.7. The van der Waals surface area contributed by atoms with Gasteiger partial charge in [-0.2, -0.15) is 0 Å². The van der Waals surface area contributed by atoms with Crippen LogP contribution in [0.4, 0.5) is 11.4 Å². The molecule has 1 aromatic rings. The van der Waals surface area contributed by atoms with Gasteiger partial charge in [0.2, 0.25) is 11.8 Å². The zero-order chi connectivity index (χ0) is 11.7. The van der Waals surface area contributed by atoms with E-state index in [0.717, 1.165) is 0 Å². The quantitative estimate of drug-likeness (QED) is 0.714. The lowest BCUT2D eigenvalue weighted by molar-refractivity contribution is -0.122. The molecule has 1 aliphatic heterocycles. The molecule has 1 atom stereocenters. The van der Waals surface area contributed by atoms with Crippen LogP contribution in [0.1, 0.15) is 6.92 Å². The van der Waals surface area contributed by atoms with Gasteiger partial charge in [-0.15, -0.1) is 0 Å². The lowest BCUT2D eigenvalue weighted by atomic mass is 10.1. The number of para-hydroxylation sites is 2. The predicted octanol–water partition coefficient (Wildman–Crippen LogP) is 0.319. The van der Waals surface area contributed by atoms with Crippen molar-refractivity contribution in [1.29, 1.82) is 0 Å². The van der Waals surface area contributed by atoms with Gasteiger partial charge in [-0.1, -0.05) is 12.1 Å². The van der Waals surface area contributed by atoms with E-state index in [1.165, 1.54) is 4.90 Å². The van der Waals surface area contributed by atoms with Crippen LogP contribution in [0, 0.1) is 0 Å². The van der Waals surface area contributed by atoms with Gasteiger partial charge in [0.25, 0.3) is 0 Å². The van der Waals surface area contributed by atoms with E-state index in [9.17, 15) is 9.59 Å². The summed E-state index contributed by atoms with van der Waals surface area (Å²) in [5.41, 5.74) is 6.89. The number of carbonyl (C=O) groups is 2. The van der Waals surface area contributed by atoms with Gasteiger partial charge in [0.15, 0.2) is 0 Å². The fourth-order valence-electron chi connectivity index (χ4n) is 1.68. The molecule has 0 radical (unpaired) electrons. The molecule has 1 aliphatic rings. The van der Waals surface area contributed by atoms with E-state index in [4.69, 9.17) is 5.73 Å². The van der Waals surface area contributed by atoms with Crippen LogP contribution in [0.25, 0.3) is 0 Å². The summed E-state index contributed by atoms with van der Waals surface area (Å²) in [5.74, 6) is -0.449. The van der Waals surface area contributed by atoms with Gasteiger partial charge in [-0.25, -0.2) is 0 Å². The Balaban J connectivity index is 2.41. The third-order valence-electron chi connectivity index (χ3n) is 2.43. The van der Waals surface area contributed by atoms with Crippen LogP contribution < -0.4 is 16.0 Å². The SMILES string of the molecule is C[C@H](N)C(=O)N1CC(=O)Nc2ccccc21. The normalized spacial score (nSPS) is 16.4. The molecule has 84 valence electrons. The minimum atomic E-state index is -0.612. The van der Waals surface area contributed by atoms with Crippen molar-refractivity contribution in [1.82, 2.24) is 0 Å². The van der Waals surface area contributed by atoms with E-state index in [1.807, 2.05) is 6.07 Å². The summed E-state index contributed by atoms with van der Waals surface area (Å²) >= 11 is 0. The molecule has 1 aromatic carbocycles. The number of rotatable bonds is 1. The maximum absolute atomic E-state index is 11.8. The Morgan fingerprint density at radius 2 is 2.19 bits per heavy atom. The molecule has 2 amide bonds. The maximum atomic E-state index is 11.8. The van der Waals surface area contributed by atoms with Crippen LogP contribution in [0.3, 0.4) is 0 Å². The van der Waals surface area contributed by atoms with Crippen LogP contribution in [0.15, 0.2) is 24.3 Å². The molecule has 5 nitrogen and oxygen atoms in total. The van der Waals surface area contributed by atoms with Gasteiger partial charge >= 0.3 is 0 Å². The molecule has 0 fully saturated rings. The number of nitrogens with one attached hydrogen (secondary N) is 1. The van der Waals surface area contributed by atoms with Gasteiger partial charge in [-0.05, 0) is 19.1 Å². The summed E-state index contributed by atoms with van der Waals surface area (Å²) in [5, 5.41) is 2.71. The average Bonchev–Trinajstić information content (AvgIpc) is 2.26. The standard InChI is InChI=1S/C11H13N3O2/c1-7(12)11(16)14-6-10(15)13-8-4-2-3-5-9(8)14/h2-5,7H,6,12H2,1H3,(H,13,15)/t7-/m0/s1. The molecule has 1 heterocycles. The average molecular weight is 219 g/mol. The van der Waals surface area contributed by atoms with E-state index < -0.39 is 6.04 Å². The van der Waals surface area contributed by atoms with Gasteiger partial charge < -0.3 is 11.1 Å². The van der Waals surface area contributed by atoms with E-state index in [2.05, 4.69) is 5.32 Å². The van der Waals surface area contributed by atoms with Crippen LogP contribution in [-0.2, 0) is 9.59 Å². The predicted molar refractivity (Wildman–Crippen MR) is 61.1 cm³/mol. The minimum Gasteiger partial charge on any atom is -0.323 e. The van der Waals surface area contributed by atoms with Crippen molar-refractivity contribution in [2.24, 2.45) is 5.73 Å². The number of anilines is 2. The molecule has 0 spiro atoms. The first kappa shape index (κ1) is 10.6. The number of benzene rings is 1. The lowest BCUT2D eigenvalue weighted by Gasteiger charge is -2.30. The molecule has 2 rings (SSSR count). The first-order valence-corrected chi connectivity index (χ1v) is 5.05. The third-order valence-corrected chi connectivity index (χ3v) is 2.43. The van der Waals surface area contributed by atoms with Crippen LogP contribution in [0.5, 0.6) is 0 Å². The van der Waals surface area contributed by atoms with Crippen molar-refractivity contribution >= 4 is 23.2 Å². The van der Waals surface area contributed by atoms with Crippen molar-refractivity contribution in [3.63, 3.8) is 0 Å². The van der Waals surface area contributed by atoms with Gasteiger partial charge in [0.05, 0.1) is 17.4 Å². The Morgan fingerprint density at radius 1 is 1.50 bits per heavy atom. The molecule has 0 aliphatic carbocycles. The Kier molecular flexibility index (Phi) is 2.62. The summed E-state index contributed by atoms with van der Waals surface area (Å²) in [6.45, 7) is 1.63. The molecule has 0 saturated heterocycles. The van der Waals surface area contributed by atoms with Gasteiger partial charge in [0, 0.05) is 0 Å². The second-order valence-corrected chi connectivity index (χ2v) is 3.78. The first-order valence-electron chi connectivity index (χ1n) is 5.05. The highest BCUT2D eigenvalue weighted by Crippen LogP contribution is 2.28. The van der Waals surface area contributed by atoms with Crippen molar-refractivity contribution in [3.8, 4) is 0 Å². The number of fused-ring (bicyclic) bond motifs is 1. The van der Waals surface area contributed by atoms with Gasteiger partial charge in [0.1, 0.15) is 6.54 Å². The minimum absolute atomic E-state index is 0.0252. The number of nitrogens with two attached hydrogens (primary N) is 1. The van der Waals surface area contributed by atoms with Gasteiger partial charge in [-0.3, -0.25) is 14.5 Å². The maximum Gasteiger partial charge on any atom is 0.244 e. The van der Waals surface area contributed by atoms with E-state index >= 15 is 0 Å². The topological polar surface area (TPSA) is 75.4 Å². The summed E-state index contributed by atoms with van der Waals surface area (Å²) in [6, 6.07) is 6.55. The van der Waals surface area contributed by atoms with Crippen LogP contribution in [-0.4, -0.2) is 24.4 Å². The summed E-state index contributed by atoms with van der Waals surface area (Å²) in [6.07, 6.45) is 0. The fourth-order valence-corrected chi connectivity index (χ4v) is 1.68. The van der Waals surface area contributed by atoms with Crippen molar-refractivity contribution in [2.75, 3.05) is 16.8 Å². The summed E-state index contributed by atoms with van der Waals surface area (Å²) in [7, 11) is 0. The molecule has 3 N–H and O–H groups in total. The molecule has 0 aromatic heterocycles. The lowest BCUT2D eigenvalue weighted by Crippen LogP contribution is -2.48. The molecule has 5 heteroatoms. The van der Waals surface area contributed by atoms with Crippen molar-refractivity contribution in [3.05, 3.63) is 24.3 Å². The molecule has 0 unspecified atom stereocenters. The Morgan fingerprint density at radius 3 is 2.88 bits per heavy atom. The molecule has 0 bridgehead atoms. The molecular formula is C11H13N3O2. The number of hydrogen-bond donors (Lipinski definition) is 2. The highest BCUT2D eigenvalue weighted by atomic mass is 16.2. The number of hydrogen-bond acceptors (Lipinski definition) is 3. The highest BCUT2D eigenvalue weighted by molar-refractivity contribution is 6.10. The highest BCUT2D eigenvalue weighted by Gasteiger charge is 2.27. The largest absolute Gasteiger partial charge is 0.323 e. The first-order chi connectivity index (χ1) is 7.59. The smallest absolute Gasteiger partial charge is 0.244 e.